The smallest absolute Gasteiger partial charge is 0.113 e. The van der Waals surface area contributed by atoms with Crippen LogP contribution in [0.25, 0.3) is 5.52 Å². The summed E-state index contributed by atoms with van der Waals surface area (Å²) in [5, 5.41) is 0. The molecule has 0 bridgehead atoms. The summed E-state index contributed by atoms with van der Waals surface area (Å²) < 4.78 is 2.19. The average molecular weight is 215 g/mol. The number of imidazole rings is 1. The predicted molar refractivity (Wildman–Crippen MR) is 64.4 cm³/mol. The van der Waals surface area contributed by atoms with Gasteiger partial charge in [0.25, 0.3) is 0 Å². The lowest BCUT2D eigenvalue weighted by atomic mass is 10.1. The van der Waals surface area contributed by atoms with Crippen LogP contribution in [0.3, 0.4) is 0 Å². The minimum absolute atomic E-state index is 0.0582. The molecular weight excluding hydrogens is 198 g/mol. The summed E-state index contributed by atoms with van der Waals surface area (Å²) in [7, 11) is 0. The van der Waals surface area contributed by atoms with Crippen molar-refractivity contribution in [3.05, 3.63) is 35.4 Å². The molecule has 1 aliphatic rings. The van der Waals surface area contributed by atoms with E-state index in [4.69, 9.17) is 5.73 Å². The molecule has 1 aliphatic carbocycles. The van der Waals surface area contributed by atoms with Gasteiger partial charge in [0.2, 0.25) is 0 Å². The van der Waals surface area contributed by atoms with E-state index in [9.17, 15) is 0 Å². The van der Waals surface area contributed by atoms with Crippen molar-refractivity contribution in [3.8, 4) is 0 Å². The van der Waals surface area contributed by atoms with Crippen LogP contribution in [0.4, 0.5) is 0 Å². The molecule has 2 aromatic heterocycles. The van der Waals surface area contributed by atoms with Crippen LogP contribution in [-0.2, 0) is 12.0 Å². The van der Waals surface area contributed by atoms with Gasteiger partial charge in [-0.15, -0.1) is 0 Å². The van der Waals surface area contributed by atoms with Gasteiger partial charge in [0.05, 0.1) is 11.2 Å². The second kappa shape index (κ2) is 3.08. The molecule has 3 rings (SSSR count). The number of hydrogen-bond acceptors (Lipinski definition) is 2. The highest BCUT2D eigenvalue weighted by Gasteiger charge is 2.40. The van der Waals surface area contributed by atoms with E-state index in [1.165, 1.54) is 11.1 Å². The molecule has 0 atom stereocenters. The van der Waals surface area contributed by atoms with E-state index in [2.05, 4.69) is 41.6 Å². The monoisotopic (exact) mass is 215 g/mol. The first-order valence-electron chi connectivity index (χ1n) is 5.91. The van der Waals surface area contributed by atoms with Crippen molar-refractivity contribution in [2.75, 3.05) is 0 Å². The van der Waals surface area contributed by atoms with Gasteiger partial charge in [-0.3, -0.25) is 0 Å². The minimum atomic E-state index is -0.0582. The van der Waals surface area contributed by atoms with Gasteiger partial charge in [0.15, 0.2) is 0 Å². The zero-order chi connectivity index (χ0) is 11.3. The Morgan fingerprint density at radius 3 is 2.81 bits per heavy atom. The van der Waals surface area contributed by atoms with Gasteiger partial charge < -0.3 is 10.1 Å². The zero-order valence-electron chi connectivity index (χ0n) is 9.83. The molecule has 0 aromatic carbocycles. The van der Waals surface area contributed by atoms with Crippen LogP contribution in [0.5, 0.6) is 0 Å². The van der Waals surface area contributed by atoms with E-state index < -0.39 is 0 Å². The summed E-state index contributed by atoms with van der Waals surface area (Å²) in [6.07, 6.45) is 5.33. The van der Waals surface area contributed by atoms with E-state index in [1.54, 1.807) is 0 Å². The van der Waals surface area contributed by atoms with Crippen LogP contribution < -0.4 is 5.73 Å². The highest BCUT2D eigenvalue weighted by atomic mass is 15.0. The number of rotatable bonds is 2. The second-order valence-corrected chi connectivity index (χ2v) is 4.80. The first-order valence-corrected chi connectivity index (χ1v) is 5.91. The second-order valence-electron chi connectivity index (χ2n) is 4.80. The van der Waals surface area contributed by atoms with Crippen molar-refractivity contribution >= 4 is 5.52 Å². The number of nitrogens with two attached hydrogens (primary N) is 1. The zero-order valence-corrected chi connectivity index (χ0v) is 9.83. The summed E-state index contributed by atoms with van der Waals surface area (Å²) in [6, 6.07) is 4.29. The Kier molecular flexibility index (Phi) is 1.89. The molecule has 16 heavy (non-hydrogen) atoms. The Morgan fingerprint density at radius 2 is 2.19 bits per heavy atom. The molecule has 84 valence electrons. The molecular formula is C13H17N3. The highest BCUT2D eigenvalue weighted by molar-refractivity contribution is 5.54. The van der Waals surface area contributed by atoms with Crippen molar-refractivity contribution < 1.29 is 0 Å². The van der Waals surface area contributed by atoms with Crippen LogP contribution in [0.15, 0.2) is 18.3 Å². The Hall–Kier alpha value is -1.35. The van der Waals surface area contributed by atoms with Gasteiger partial charge in [-0.2, -0.15) is 0 Å². The Morgan fingerprint density at radius 1 is 1.44 bits per heavy atom. The van der Waals surface area contributed by atoms with Crippen molar-refractivity contribution in [3.63, 3.8) is 0 Å². The van der Waals surface area contributed by atoms with Crippen molar-refractivity contribution in [2.24, 2.45) is 5.73 Å². The van der Waals surface area contributed by atoms with Crippen LogP contribution in [0, 0.1) is 6.92 Å². The van der Waals surface area contributed by atoms with Crippen LogP contribution in [-0.4, -0.2) is 9.38 Å². The highest BCUT2D eigenvalue weighted by Crippen LogP contribution is 2.42. The van der Waals surface area contributed by atoms with Gasteiger partial charge in [-0.1, -0.05) is 13.0 Å². The molecule has 0 amide bonds. The maximum atomic E-state index is 6.22. The molecule has 2 N–H and O–H groups in total. The fourth-order valence-corrected chi connectivity index (χ4v) is 2.28. The van der Waals surface area contributed by atoms with Crippen LogP contribution in [0.2, 0.25) is 0 Å². The number of aromatic nitrogens is 2. The van der Waals surface area contributed by atoms with Crippen LogP contribution >= 0.6 is 0 Å². The molecule has 2 aromatic rings. The van der Waals surface area contributed by atoms with Crippen molar-refractivity contribution in [1.29, 1.82) is 0 Å². The summed E-state index contributed by atoms with van der Waals surface area (Å²) in [5.41, 5.74) is 9.71. The first-order chi connectivity index (χ1) is 7.64. The van der Waals surface area contributed by atoms with Gasteiger partial charge >= 0.3 is 0 Å². The standard InChI is InChI=1S/C13H17N3/c1-3-12-15-9(2)11-5-4-10(8-16(11)12)13(14)6-7-13/h4-5,8H,3,6-7,14H2,1-2H3. The minimum Gasteiger partial charge on any atom is -0.321 e. The summed E-state index contributed by atoms with van der Waals surface area (Å²) in [6.45, 7) is 4.19. The molecule has 1 fully saturated rings. The molecule has 0 radical (unpaired) electrons. The fourth-order valence-electron chi connectivity index (χ4n) is 2.28. The normalized spacial score (nSPS) is 17.9. The summed E-state index contributed by atoms with van der Waals surface area (Å²) in [5.74, 6) is 1.12. The lowest BCUT2D eigenvalue weighted by molar-refractivity contribution is 0.730. The third-order valence-electron chi connectivity index (χ3n) is 3.57. The molecule has 0 saturated heterocycles. The SMILES string of the molecule is CCc1nc(C)c2ccc(C3(N)CC3)cn12. The van der Waals surface area contributed by atoms with E-state index in [-0.39, 0.29) is 5.54 Å². The third kappa shape index (κ3) is 1.28. The van der Waals surface area contributed by atoms with Gasteiger partial charge in [0.1, 0.15) is 5.82 Å². The molecule has 3 heteroatoms. The number of pyridine rings is 1. The largest absolute Gasteiger partial charge is 0.321 e. The molecule has 3 nitrogen and oxygen atoms in total. The fraction of sp³-hybridized carbons (Fsp3) is 0.462. The molecule has 0 aliphatic heterocycles. The third-order valence-corrected chi connectivity index (χ3v) is 3.57. The quantitative estimate of drug-likeness (QED) is 0.834. The topological polar surface area (TPSA) is 43.3 Å². The number of fused-ring (bicyclic) bond motifs is 1. The van der Waals surface area contributed by atoms with E-state index in [1.807, 2.05) is 0 Å². The van der Waals surface area contributed by atoms with E-state index >= 15 is 0 Å². The Balaban J connectivity index is 2.23. The lowest BCUT2D eigenvalue weighted by Gasteiger charge is -2.10. The van der Waals surface area contributed by atoms with Gasteiger partial charge in [-0.05, 0) is 31.4 Å². The lowest BCUT2D eigenvalue weighted by Crippen LogP contribution is -2.19. The number of hydrogen-bond donors (Lipinski definition) is 1. The predicted octanol–water partition coefficient (Wildman–Crippen LogP) is 2.15. The molecule has 2 heterocycles. The maximum Gasteiger partial charge on any atom is 0.113 e. The van der Waals surface area contributed by atoms with Crippen LogP contribution in [0.1, 0.15) is 36.8 Å². The number of aryl methyl sites for hydroxylation is 2. The van der Waals surface area contributed by atoms with Gasteiger partial charge in [0, 0.05) is 18.2 Å². The molecule has 0 spiro atoms. The molecule has 1 saturated carbocycles. The number of nitrogens with zero attached hydrogens (tertiary/aromatic N) is 2. The average Bonchev–Trinajstić information content (AvgIpc) is 2.96. The Bertz CT molecular complexity index is 550. The van der Waals surface area contributed by atoms with E-state index in [0.29, 0.717) is 0 Å². The van der Waals surface area contributed by atoms with Crippen molar-refractivity contribution in [2.45, 2.75) is 38.6 Å². The van der Waals surface area contributed by atoms with Crippen molar-refractivity contribution in [1.82, 2.24) is 9.38 Å². The first kappa shape index (κ1) is 9.85. The Labute approximate surface area is 95.3 Å². The summed E-state index contributed by atoms with van der Waals surface area (Å²) >= 11 is 0. The maximum absolute atomic E-state index is 6.22. The summed E-state index contributed by atoms with van der Waals surface area (Å²) in [4.78, 5) is 4.57. The van der Waals surface area contributed by atoms with E-state index in [0.717, 1.165) is 30.8 Å². The van der Waals surface area contributed by atoms with Gasteiger partial charge in [-0.25, -0.2) is 4.98 Å². The molecule has 0 unspecified atom stereocenters.